The van der Waals surface area contributed by atoms with Crippen LogP contribution < -0.4 is 21.6 Å². The van der Waals surface area contributed by atoms with Crippen molar-refractivity contribution in [1.82, 2.24) is 30.2 Å². The number of benzene rings is 2. The molecule has 52 heavy (non-hydrogen) atoms. The molecule has 7 nitrogen and oxygen atoms in total. The third-order valence-electron chi connectivity index (χ3n) is 12.9. The van der Waals surface area contributed by atoms with Crippen LogP contribution in [0.25, 0.3) is 0 Å². The standard InChI is InChI=1S/C43H75B2N6O/c1-40(2,3)41(4,5)34-44-38-16-12-36(13-17-38)32-50-26-22-46-20-25-49(11)29-31-51(27-23-47-21-24-48(10)28-30-50)33-37-14-18-39(19-15-37)45-35-42(6,7)43(8,9)52-45/h12-19,46-47H,20-35H2,1-11H3. The van der Waals surface area contributed by atoms with Crippen LogP contribution in [0, 0.1) is 16.2 Å². The zero-order valence-corrected chi connectivity index (χ0v) is 35.3. The molecule has 0 aromatic heterocycles. The second kappa shape index (κ2) is 19.2. The molecule has 0 atom stereocenters. The lowest BCUT2D eigenvalue weighted by Gasteiger charge is -2.39. The maximum absolute atomic E-state index is 6.51. The number of rotatable bonds is 8. The summed E-state index contributed by atoms with van der Waals surface area (Å²) in [5.74, 6) is 0. The van der Waals surface area contributed by atoms with Crippen LogP contribution in [0.2, 0.25) is 12.6 Å². The molecule has 289 valence electrons. The largest absolute Gasteiger partial charge is 0.426 e. The number of nitrogens with zero attached hydrogens (tertiary/aromatic N) is 4. The predicted molar refractivity (Wildman–Crippen MR) is 227 cm³/mol. The first-order valence-corrected chi connectivity index (χ1v) is 20.4. The molecule has 2 aliphatic rings. The van der Waals surface area contributed by atoms with E-state index < -0.39 is 0 Å². The normalized spacial score (nSPS) is 21.9. The average molecular weight is 714 g/mol. The minimum atomic E-state index is -0.107. The van der Waals surface area contributed by atoms with E-state index in [0.717, 1.165) is 104 Å². The molecule has 2 aliphatic heterocycles. The van der Waals surface area contributed by atoms with Gasteiger partial charge in [-0.3, -0.25) is 9.80 Å². The van der Waals surface area contributed by atoms with Crippen LogP contribution in [0.1, 0.15) is 73.4 Å². The molecular weight excluding hydrogens is 638 g/mol. The van der Waals surface area contributed by atoms with Crippen LogP contribution in [-0.2, 0) is 17.7 Å². The Labute approximate surface area is 321 Å². The molecule has 9 heteroatoms. The van der Waals surface area contributed by atoms with Crippen molar-refractivity contribution in [3.05, 3.63) is 59.7 Å². The van der Waals surface area contributed by atoms with Crippen molar-refractivity contribution in [2.75, 3.05) is 92.6 Å². The second-order valence-electron chi connectivity index (χ2n) is 18.9. The van der Waals surface area contributed by atoms with E-state index in [4.69, 9.17) is 4.65 Å². The van der Waals surface area contributed by atoms with Crippen molar-refractivity contribution in [1.29, 1.82) is 0 Å². The number of nitrogens with one attached hydrogen (secondary N) is 2. The summed E-state index contributed by atoms with van der Waals surface area (Å²) in [6.07, 6.45) is 2.15. The molecule has 4 rings (SSSR count). The van der Waals surface area contributed by atoms with Gasteiger partial charge in [0.1, 0.15) is 0 Å². The van der Waals surface area contributed by atoms with Gasteiger partial charge in [0.15, 0.2) is 7.28 Å². The van der Waals surface area contributed by atoms with Crippen molar-refractivity contribution in [3.8, 4) is 0 Å². The molecule has 2 aromatic rings. The second-order valence-corrected chi connectivity index (χ2v) is 18.9. The lowest BCUT2D eigenvalue weighted by atomic mass is 9.53. The third kappa shape index (κ3) is 13.2. The lowest BCUT2D eigenvalue weighted by Crippen LogP contribution is -2.42. The first-order valence-electron chi connectivity index (χ1n) is 20.4. The van der Waals surface area contributed by atoms with E-state index in [1.165, 1.54) is 22.1 Å². The van der Waals surface area contributed by atoms with Crippen LogP contribution >= 0.6 is 0 Å². The first kappa shape index (κ1) is 43.0. The van der Waals surface area contributed by atoms with E-state index in [1.54, 1.807) is 0 Å². The summed E-state index contributed by atoms with van der Waals surface area (Å²) in [7, 11) is 6.95. The summed E-state index contributed by atoms with van der Waals surface area (Å²) in [6, 6.07) is 18.6. The van der Waals surface area contributed by atoms with Crippen LogP contribution in [0.3, 0.4) is 0 Å². The highest BCUT2D eigenvalue weighted by Gasteiger charge is 2.49. The molecule has 0 aliphatic carbocycles. The van der Waals surface area contributed by atoms with Gasteiger partial charge in [-0.25, -0.2) is 0 Å². The van der Waals surface area contributed by atoms with E-state index in [2.05, 4.69) is 162 Å². The molecule has 2 heterocycles. The molecule has 1 radical (unpaired) electrons. The SMILES string of the molecule is CN1CCNCCN(Cc2ccc(B3CC(C)(C)C(C)(C)O3)cc2)CCN(C)CCNCCN(Cc2ccc([B]CC(C)(C)C(C)(C)C)cc2)CC1. The van der Waals surface area contributed by atoms with E-state index in [1.807, 2.05) is 0 Å². The van der Waals surface area contributed by atoms with Crippen molar-refractivity contribution in [3.63, 3.8) is 0 Å². The molecule has 0 unspecified atom stereocenters. The maximum atomic E-state index is 6.51. The fraction of sp³-hybridized carbons (Fsp3) is 0.721. The van der Waals surface area contributed by atoms with Gasteiger partial charge in [0.2, 0.25) is 0 Å². The Bertz CT molecular complexity index is 1310. The topological polar surface area (TPSA) is 46.2 Å². The lowest BCUT2D eigenvalue weighted by molar-refractivity contribution is 0.0375. The van der Waals surface area contributed by atoms with Crippen LogP contribution in [0.5, 0.6) is 0 Å². The summed E-state index contributed by atoms with van der Waals surface area (Å²) in [5, 5.41) is 7.50. The van der Waals surface area contributed by atoms with E-state index in [9.17, 15) is 0 Å². The zero-order chi connectivity index (χ0) is 38.0. The molecule has 0 saturated carbocycles. The van der Waals surface area contributed by atoms with Gasteiger partial charge in [-0.2, -0.15) is 0 Å². The van der Waals surface area contributed by atoms with Crippen molar-refractivity contribution < 1.29 is 4.65 Å². The summed E-state index contributed by atoms with van der Waals surface area (Å²) < 4.78 is 6.51. The highest BCUT2D eigenvalue weighted by molar-refractivity contribution is 6.68. The molecule has 2 N–H and O–H groups in total. The predicted octanol–water partition coefficient (Wildman–Crippen LogP) is 4.90. The van der Waals surface area contributed by atoms with Gasteiger partial charge in [0.25, 0.3) is 0 Å². The Balaban J connectivity index is 1.26. The minimum Gasteiger partial charge on any atom is -0.426 e. The Kier molecular flexibility index (Phi) is 15.9. The third-order valence-corrected chi connectivity index (χ3v) is 12.9. The Morgan fingerprint density at radius 3 is 1.56 bits per heavy atom. The molecule has 0 bridgehead atoms. The van der Waals surface area contributed by atoms with Gasteiger partial charge in [-0.15, -0.1) is 0 Å². The van der Waals surface area contributed by atoms with Crippen LogP contribution in [0.4, 0.5) is 0 Å². The molecule has 2 saturated heterocycles. The average Bonchev–Trinajstić information content (AvgIpc) is 3.30. The fourth-order valence-electron chi connectivity index (χ4n) is 6.90. The van der Waals surface area contributed by atoms with Gasteiger partial charge in [0, 0.05) is 91.6 Å². The number of likely N-dealkylation sites (N-methyl/N-ethyl adjacent to an activating group) is 2. The van der Waals surface area contributed by atoms with Crippen molar-refractivity contribution in [2.45, 2.75) is 93.6 Å². The monoisotopic (exact) mass is 714 g/mol. The Morgan fingerprint density at radius 1 is 0.654 bits per heavy atom. The van der Waals surface area contributed by atoms with E-state index in [-0.39, 0.29) is 28.8 Å². The van der Waals surface area contributed by atoms with Crippen LogP contribution in [-0.4, -0.2) is 132 Å². The van der Waals surface area contributed by atoms with Gasteiger partial charge >= 0.3 is 6.92 Å². The maximum Gasteiger partial charge on any atom is 0.327 e. The smallest absolute Gasteiger partial charge is 0.327 e. The first-order chi connectivity index (χ1) is 24.4. The summed E-state index contributed by atoms with van der Waals surface area (Å²) >= 11 is 0. The van der Waals surface area contributed by atoms with Gasteiger partial charge in [0.05, 0.1) is 5.60 Å². The summed E-state index contributed by atoms with van der Waals surface area (Å²) in [4.78, 5) is 10.2. The van der Waals surface area contributed by atoms with Gasteiger partial charge < -0.3 is 25.1 Å². The summed E-state index contributed by atoms with van der Waals surface area (Å²) in [6.45, 7) is 35.6. The zero-order valence-electron chi connectivity index (χ0n) is 35.3. The fourth-order valence-corrected chi connectivity index (χ4v) is 6.90. The Hall–Kier alpha value is -1.71. The van der Waals surface area contributed by atoms with Crippen molar-refractivity contribution in [2.24, 2.45) is 16.2 Å². The number of hydrogen-bond donors (Lipinski definition) is 2. The van der Waals surface area contributed by atoms with Crippen molar-refractivity contribution >= 4 is 25.1 Å². The van der Waals surface area contributed by atoms with E-state index in [0.29, 0.717) is 0 Å². The van der Waals surface area contributed by atoms with Gasteiger partial charge in [-0.05, 0) is 67.1 Å². The molecular formula is C43H75B2N6O. The minimum absolute atomic E-state index is 0.107. The Morgan fingerprint density at radius 2 is 1.12 bits per heavy atom. The highest BCUT2D eigenvalue weighted by Crippen LogP contribution is 2.45. The van der Waals surface area contributed by atoms with Crippen LogP contribution in [0.15, 0.2) is 48.5 Å². The molecule has 0 amide bonds. The molecule has 0 spiro atoms. The number of hydrogen-bond acceptors (Lipinski definition) is 7. The highest BCUT2D eigenvalue weighted by atomic mass is 16.5. The van der Waals surface area contributed by atoms with E-state index >= 15 is 0 Å². The summed E-state index contributed by atoms with van der Waals surface area (Å²) in [5.41, 5.74) is 6.02. The molecule has 2 aromatic carbocycles. The molecule has 2 fully saturated rings. The quantitative estimate of drug-likeness (QED) is 0.378. The van der Waals surface area contributed by atoms with Gasteiger partial charge in [-0.1, -0.05) is 109 Å².